The first-order valence-electron chi connectivity index (χ1n) is 13.5. The fourth-order valence-corrected chi connectivity index (χ4v) is 4.22. The third-order valence-corrected chi connectivity index (χ3v) is 6.31. The SMILES string of the molecule is CCOc1cc([C@H]2NC(=O)NC(C)=C2C(=O)OC)ccc1OC[C@@H](O)N/N=C\c1ccc(OCc2ccc(F)cc2)cc1. The van der Waals surface area contributed by atoms with Crippen molar-refractivity contribution < 1.29 is 38.0 Å². The number of amides is 2. The lowest BCUT2D eigenvalue weighted by atomic mass is 9.95. The Bertz CT molecular complexity index is 1480. The molecule has 1 aliphatic rings. The van der Waals surface area contributed by atoms with Gasteiger partial charge in [0.1, 0.15) is 24.8 Å². The van der Waals surface area contributed by atoms with Crippen molar-refractivity contribution in [1.29, 1.82) is 0 Å². The van der Waals surface area contributed by atoms with Crippen molar-refractivity contribution in [2.75, 3.05) is 20.3 Å². The van der Waals surface area contributed by atoms with Crippen molar-refractivity contribution >= 4 is 18.2 Å². The third-order valence-electron chi connectivity index (χ3n) is 6.31. The number of carbonyl (C=O) groups excluding carboxylic acids is 2. The molecular formula is C31H33FN4O7. The molecule has 1 aliphatic heterocycles. The van der Waals surface area contributed by atoms with E-state index in [1.165, 1.54) is 25.5 Å². The van der Waals surface area contributed by atoms with Crippen LogP contribution in [0.4, 0.5) is 9.18 Å². The Kier molecular flexibility index (Phi) is 10.5. The number of esters is 1. The maximum absolute atomic E-state index is 13.0. The van der Waals surface area contributed by atoms with Gasteiger partial charge >= 0.3 is 12.0 Å². The minimum Gasteiger partial charge on any atom is -0.490 e. The molecule has 0 bridgehead atoms. The van der Waals surface area contributed by atoms with Gasteiger partial charge in [0.15, 0.2) is 17.7 Å². The molecule has 0 unspecified atom stereocenters. The fraction of sp³-hybridized carbons (Fsp3) is 0.258. The predicted molar refractivity (Wildman–Crippen MR) is 156 cm³/mol. The monoisotopic (exact) mass is 592 g/mol. The number of rotatable bonds is 13. The number of allylic oxidation sites excluding steroid dienone is 1. The van der Waals surface area contributed by atoms with Gasteiger partial charge in [-0.2, -0.15) is 5.10 Å². The first-order chi connectivity index (χ1) is 20.8. The Hall–Kier alpha value is -5.10. The number of carbonyl (C=O) groups is 2. The van der Waals surface area contributed by atoms with Crippen LogP contribution >= 0.6 is 0 Å². The van der Waals surface area contributed by atoms with Crippen molar-refractivity contribution in [2.24, 2.45) is 5.10 Å². The first kappa shape index (κ1) is 30.8. The summed E-state index contributed by atoms with van der Waals surface area (Å²) in [6.45, 7) is 3.93. The van der Waals surface area contributed by atoms with Crippen LogP contribution in [-0.2, 0) is 16.1 Å². The van der Waals surface area contributed by atoms with E-state index in [1.54, 1.807) is 61.5 Å². The number of urea groups is 1. The number of nitrogens with zero attached hydrogens (tertiary/aromatic N) is 1. The number of hydrogen-bond donors (Lipinski definition) is 4. The lowest BCUT2D eigenvalue weighted by Gasteiger charge is -2.28. The van der Waals surface area contributed by atoms with E-state index < -0.39 is 24.3 Å². The molecule has 4 rings (SSSR count). The summed E-state index contributed by atoms with van der Waals surface area (Å²) in [6, 6.07) is 17.1. The summed E-state index contributed by atoms with van der Waals surface area (Å²) < 4.78 is 35.1. The molecule has 3 aromatic rings. The van der Waals surface area contributed by atoms with E-state index in [9.17, 15) is 19.1 Å². The standard InChI is InChI=1S/C31H33FN4O7/c1-4-41-26-15-22(29-28(30(38)40-3)19(2)34-31(39)35-29)9-14-25(26)43-18-27(37)36-33-16-20-7-12-24(13-8-20)42-17-21-5-10-23(32)11-6-21/h5-16,27,29,36-37H,4,17-18H2,1-3H3,(H2,34,35,39)/b33-16-/t27-,29-/m1/s1. The van der Waals surface area contributed by atoms with Gasteiger partial charge in [-0.05, 0) is 79.1 Å². The van der Waals surface area contributed by atoms with Crippen LogP contribution in [0.5, 0.6) is 17.2 Å². The second kappa shape index (κ2) is 14.7. The average molecular weight is 593 g/mol. The summed E-state index contributed by atoms with van der Waals surface area (Å²) >= 11 is 0. The van der Waals surface area contributed by atoms with E-state index >= 15 is 0 Å². The Morgan fingerprint density at radius 1 is 1.07 bits per heavy atom. The van der Waals surface area contributed by atoms with Gasteiger partial charge in [-0.3, -0.25) is 5.43 Å². The number of benzene rings is 3. The van der Waals surface area contributed by atoms with E-state index in [4.69, 9.17) is 18.9 Å². The zero-order valence-electron chi connectivity index (χ0n) is 23.9. The Labute approximate surface area is 248 Å². The second-order valence-electron chi connectivity index (χ2n) is 9.40. The number of ether oxygens (including phenoxy) is 4. The van der Waals surface area contributed by atoms with Crippen LogP contribution in [0.15, 0.2) is 83.1 Å². The van der Waals surface area contributed by atoms with E-state index in [2.05, 4.69) is 21.2 Å². The van der Waals surface area contributed by atoms with Gasteiger partial charge in [-0.1, -0.05) is 18.2 Å². The summed E-state index contributed by atoms with van der Waals surface area (Å²) in [6.07, 6.45) is 0.402. The lowest BCUT2D eigenvalue weighted by Crippen LogP contribution is -2.45. The minimum atomic E-state index is -1.14. The third kappa shape index (κ3) is 8.46. The van der Waals surface area contributed by atoms with Crippen LogP contribution in [0.2, 0.25) is 0 Å². The summed E-state index contributed by atoms with van der Waals surface area (Å²) in [5, 5.41) is 19.7. The molecule has 3 aromatic carbocycles. The van der Waals surface area contributed by atoms with Gasteiger partial charge in [0.05, 0.1) is 31.5 Å². The largest absolute Gasteiger partial charge is 0.490 e. The first-order valence-corrected chi connectivity index (χ1v) is 13.5. The summed E-state index contributed by atoms with van der Waals surface area (Å²) in [4.78, 5) is 24.5. The van der Waals surface area contributed by atoms with Gasteiger partial charge in [-0.25, -0.2) is 14.0 Å². The number of hydrogen-bond acceptors (Lipinski definition) is 9. The molecule has 12 heteroatoms. The van der Waals surface area contributed by atoms with Crippen LogP contribution in [-0.4, -0.2) is 49.9 Å². The van der Waals surface area contributed by atoms with Gasteiger partial charge in [0.25, 0.3) is 0 Å². The Morgan fingerprint density at radius 2 is 1.81 bits per heavy atom. The van der Waals surface area contributed by atoms with Gasteiger partial charge in [0.2, 0.25) is 0 Å². The number of hydrazone groups is 1. The zero-order chi connectivity index (χ0) is 30.8. The number of methoxy groups -OCH3 is 1. The number of aliphatic hydroxyl groups excluding tert-OH is 1. The average Bonchev–Trinajstić information content (AvgIpc) is 3.00. The van der Waals surface area contributed by atoms with Crippen LogP contribution in [0.3, 0.4) is 0 Å². The van der Waals surface area contributed by atoms with E-state index in [0.29, 0.717) is 41.7 Å². The molecule has 0 fully saturated rings. The fourth-order valence-electron chi connectivity index (χ4n) is 4.22. The molecule has 0 saturated heterocycles. The molecule has 0 aliphatic carbocycles. The highest BCUT2D eigenvalue weighted by atomic mass is 19.1. The highest BCUT2D eigenvalue weighted by Crippen LogP contribution is 2.35. The smallest absolute Gasteiger partial charge is 0.337 e. The molecule has 11 nitrogen and oxygen atoms in total. The maximum Gasteiger partial charge on any atom is 0.337 e. The molecule has 2 amide bonds. The normalized spacial score (nSPS) is 15.4. The van der Waals surface area contributed by atoms with E-state index in [1.807, 2.05) is 6.92 Å². The molecule has 0 aromatic heterocycles. The van der Waals surface area contributed by atoms with E-state index in [0.717, 1.165) is 11.1 Å². The Balaban J connectivity index is 1.32. The molecule has 43 heavy (non-hydrogen) atoms. The van der Waals surface area contributed by atoms with Crippen LogP contribution in [0.25, 0.3) is 0 Å². The Morgan fingerprint density at radius 3 is 2.51 bits per heavy atom. The highest BCUT2D eigenvalue weighted by Gasteiger charge is 2.32. The highest BCUT2D eigenvalue weighted by molar-refractivity contribution is 5.95. The summed E-state index contributed by atoms with van der Waals surface area (Å²) in [7, 11) is 1.27. The summed E-state index contributed by atoms with van der Waals surface area (Å²) in [5.41, 5.74) is 5.46. The van der Waals surface area contributed by atoms with Crippen LogP contribution in [0.1, 0.15) is 36.6 Å². The molecule has 4 N–H and O–H groups in total. The molecule has 226 valence electrons. The topological polar surface area (TPSA) is 140 Å². The van der Waals surface area contributed by atoms with Crippen molar-refractivity contribution in [3.05, 3.63) is 101 Å². The number of nitrogens with one attached hydrogen (secondary N) is 3. The van der Waals surface area contributed by atoms with Crippen LogP contribution in [0, 0.1) is 5.82 Å². The van der Waals surface area contributed by atoms with Gasteiger partial charge in [-0.15, -0.1) is 0 Å². The molecular weight excluding hydrogens is 559 g/mol. The second-order valence-corrected chi connectivity index (χ2v) is 9.40. The summed E-state index contributed by atoms with van der Waals surface area (Å²) in [5.74, 6) is 0.499. The lowest BCUT2D eigenvalue weighted by molar-refractivity contribution is -0.136. The molecule has 0 radical (unpaired) electrons. The number of aliphatic hydroxyl groups is 1. The maximum atomic E-state index is 13.0. The quantitative estimate of drug-likeness (QED) is 0.101. The minimum absolute atomic E-state index is 0.149. The molecule has 0 spiro atoms. The van der Waals surface area contributed by atoms with Crippen molar-refractivity contribution in [1.82, 2.24) is 16.1 Å². The zero-order valence-corrected chi connectivity index (χ0v) is 23.9. The van der Waals surface area contributed by atoms with Crippen molar-refractivity contribution in [3.63, 3.8) is 0 Å². The van der Waals surface area contributed by atoms with E-state index in [-0.39, 0.29) is 18.0 Å². The number of halogens is 1. The van der Waals surface area contributed by atoms with Gasteiger partial charge < -0.3 is 34.7 Å². The predicted octanol–water partition coefficient (Wildman–Crippen LogP) is 3.93. The van der Waals surface area contributed by atoms with Crippen molar-refractivity contribution in [3.8, 4) is 17.2 Å². The molecule has 2 atom stereocenters. The van der Waals surface area contributed by atoms with Crippen LogP contribution < -0.4 is 30.3 Å². The van der Waals surface area contributed by atoms with Crippen molar-refractivity contribution in [2.45, 2.75) is 32.7 Å². The molecule has 1 heterocycles. The molecule has 0 saturated carbocycles. The van der Waals surface area contributed by atoms with Gasteiger partial charge in [0, 0.05) is 5.70 Å².